The van der Waals surface area contributed by atoms with Crippen LogP contribution < -0.4 is 0 Å². The van der Waals surface area contributed by atoms with Gasteiger partial charge in [-0.05, 0) is 52.2 Å². The molecule has 0 radical (unpaired) electrons. The van der Waals surface area contributed by atoms with Crippen molar-refractivity contribution in [1.82, 2.24) is 0 Å². The lowest BCUT2D eigenvalue weighted by molar-refractivity contribution is -0.181. The van der Waals surface area contributed by atoms with Gasteiger partial charge in [-0.25, -0.2) is 14.0 Å². The van der Waals surface area contributed by atoms with E-state index in [0.717, 1.165) is 21.5 Å². The molecule has 1 aliphatic heterocycles. The lowest BCUT2D eigenvalue weighted by atomic mass is 10.0. The van der Waals surface area contributed by atoms with Crippen LogP contribution in [-0.4, -0.2) is 41.9 Å². The number of hydrogen-bond donors (Lipinski definition) is 1. The van der Waals surface area contributed by atoms with Gasteiger partial charge in [-0.3, -0.25) is 0 Å². The van der Waals surface area contributed by atoms with Crippen molar-refractivity contribution in [2.24, 2.45) is 0 Å². The molecule has 1 aliphatic rings. The van der Waals surface area contributed by atoms with Crippen LogP contribution in [0.25, 0.3) is 21.5 Å². The van der Waals surface area contributed by atoms with E-state index in [0.29, 0.717) is 5.56 Å². The Hall–Kier alpha value is -3.81. The van der Waals surface area contributed by atoms with Gasteiger partial charge in [0.1, 0.15) is 0 Å². The summed E-state index contributed by atoms with van der Waals surface area (Å²) in [5, 5.41) is 13.4. The summed E-state index contributed by atoms with van der Waals surface area (Å²) >= 11 is 0. The molecule has 4 aromatic carbocycles. The molecule has 7 heteroatoms. The Morgan fingerprint density at radius 3 is 2.32 bits per heavy atom. The second kappa shape index (κ2) is 8.85. The Bertz CT molecular complexity index is 1400. The van der Waals surface area contributed by atoms with E-state index >= 15 is 0 Å². The first-order valence-electron chi connectivity index (χ1n) is 10.8. The van der Waals surface area contributed by atoms with Crippen molar-refractivity contribution >= 4 is 33.5 Å². The van der Waals surface area contributed by atoms with Gasteiger partial charge in [-0.1, -0.05) is 60.7 Å². The van der Waals surface area contributed by atoms with Gasteiger partial charge in [0, 0.05) is 0 Å². The van der Waals surface area contributed by atoms with Crippen LogP contribution in [0.2, 0.25) is 0 Å². The molecular formula is C27H21FO6. The van der Waals surface area contributed by atoms with Gasteiger partial charge >= 0.3 is 11.9 Å². The van der Waals surface area contributed by atoms with Gasteiger partial charge in [0.25, 0.3) is 0 Å². The molecule has 1 heterocycles. The summed E-state index contributed by atoms with van der Waals surface area (Å²) in [6.07, 6.45) is -7.21. The van der Waals surface area contributed by atoms with Crippen LogP contribution in [0.4, 0.5) is 4.39 Å². The number of halogens is 1. The van der Waals surface area contributed by atoms with Crippen LogP contribution in [0.15, 0.2) is 78.9 Å². The first-order valence-corrected chi connectivity index (χ1v) is 10.8. The fourth-order valence-corrected chi connectivity index (χ4v) is 4.14. The van der Waals surface area contributed by atoms with Gasteiger partial charge < -0.3 is 19.3 Å². The molecular weight excluding hydrogens is 439 g/mol. The van der Waals surface area contributed by atoms with Gasteiger partial charge in [-0.15, -0.1) is 0 Å². The summed E-state index contributed by atoms with van der Waals surface area (Å²) in [6, 6.07) is 23.3. The molecule has 0 amide bonds. The van der Waals surface area contributed by atoms with Gasteiger partial charge in [0.15, 0.2) is 12.5 Å². The molecule has 1 unspecified atom stereocenters. The third kappa shape index (κ3) is 4.00. The number of aliphatic hydroxyl groups excluding tert-OH is 1. The topological polar surface area (TPSA) is 82.1 Å². The van der Waals surface area contributed by atoms with Crippen LogP contribution in [-0.2, 0) is 14.2 Å². The van der Waals surface area contributed by atoms with Gasteiger partial charge in [0.05, 0.1) is 11.1 Å². The normalized spacial score (nSPS) is 22.1. The Morgan fingerprint density at radius 1 is 0.853 bits per heavy atom. The Kier molecular flexibility index (Phi) is 5.73. The van der Waals surface area contributed by atoms with Crippen molar-refractivity contribution < 1.29 is 33.3 Å². The van der Waals surface area contributed by atoms with Crippen LogP contribution >= 0.6 is 0 Å². The molecule has 0 aliphatic carbocycles. The number of benzene rings is 4. The first-order chi connectivity index (χ1) is 16.4. The number of alkyl halides is 1. The largest absolute Gasteiger partial charge is 0.449 e. The van der Waals surface area contributed by atoms with E-state index < -0.39 is 36.8 Å². The lowest BCUT2D eigenvalue weighted by Gasteiger charge is -2.20. The minimum Gasteiger partial charge on any atom is -0.449 e. The van der Waals surface area contributed by atoms with Crippen LogP contribution in [0.5, 0.6) is 0 Å². The number of aliphatic hydroxyl groups is 1. The van der Waals surface area contributed by atoms with E-state index in [-0.39, 0.29) is 11.1 Å². The minimum absolute atomic E-state index is 0.197. The van der Waals surface area contributed by atoms with E-state index in [1.54, 1.807) is 37.3 Å². The smallest absolute Gasteiger partial charge is 0.340 e. The maximum atomic E-state index is 14.7. The lowest BCUT2D eigenvalue weighted by Crippen LogP contribution is -2.37. The predicted octanol–water partition coefficient (Wildman–Crippen LogP) is 4.70. The molecule has 0 saturated carbocycles. The Labute approximate surface area is 194 Å². The second-order valence-electron chi connectivity index (χ2n) is 8.14. The monoisotopic (exact) mass is 460 g/mol. The van der Waals surface area contributed by atoms with Crippen LogP contribution in [0, 0.1) is 6.92 Å². The van der Waals surface area contributed by atoms with Crippen molar-refractivity contribution in [2.75, 3.05) is 0 Å². The number of ether oxygens (including phenoxy) is 3. The molecule has 4 aromatic rings. The van der Waals surface area contributed by atoms with E-state index in [1.807, 2.05) is 48.5 Å². The molecule has 1 saturated heterocycles. The number of hydrogen-bond acceptors (Lipinski definition) is 6. The molecule has 172 valence electrons. The zero-order valence-corrected chi connectivity index (χ0v) is 18.2. The number of aryl methyl sites for hydroxylation is 1. The minimum atomic E-state index is -2.08. The highest BCUT2D eigenvalue weighted by molar-refractivity contribution is 5.99. The molecule has 0 aromatic heterocycles. The number of carbonyl (C=O) groups excluding carboxylic acids is 2. The highest BCUT2D eigenvalue weighted by atomic mass is 19.1. The fourth-order valence-electron chi connectivity index (χ4n) is 4.14. The zero-order chi connectivity index (χ0) is 23.8. The summed E-state index contributed by atoms with van der Waals surface area (Å²) in [5.74, 6) is -1.60. The first kappa shape index (κ1) is 22.0. The highest BCUT2D eigenvalue weighted by Crippen LogP contribution is 2.29. The molecule has 6 nitrogen and oxygen atoms in total. The SMILES string of the molecule is Cc1c(C(=O)O[C@H]2OC(O)[C@@H](F)[C@@H]2OC(=O)c2ccc3ccccc3c2)ccc2ccccc12. The third-order valence-corrected chi connectivity index (χ3v) is 6.00. The van der Waals surface area contributed by atoms with E-state index in [4.69, 9.17) is 14.2 Å². The maximum absolute atomic E-state index is 14.7. The average molecular weight is 460 g/mol. The fraction of sp³-hybridized carbons (Fsp3) is 0.185. The number of rotatable bonds is 4. The molecule has 34 heavy (non-hydrogen) atoms. The van der Waals surface area contributed by atoms with Crippen molar-refractivity contribution in [1.29, 1.82) is 0 Å². The third-order valence-electron chi connectivity index (χ3n) is 6.00. The molecule has 1 N–H and O–H groups in total. The summed E-state index contributed by atoms with van der Waals surface area (Å²) in [5.41, 5.74) is 1.14. The van der Waals surface area contributed by atoms with Gasteiger partial charge in [-0.2, -0.15) is 0 Å². The van der Waals surface area contributed by atoms with E-state index in [2.05, 4.69) is 0 Å². The molecule has 0 spiro atoms. The van der Waals surface area contributed by atoms with Crippen LogP contribution in [0.3, 0.4) is 0 Å². The number of esters is 2. The predicted molar refractivity (Wildman–Crippen MR) is 123 cm³/mol. The van der Waals surface area contributed by atoms with Crippen molar-refractivity contribution in [3.8, 4) is 0 Å². The second-order valence-corrected chi connectivity index (χ2v) is 8.14. The maximum Gasteiger partial charge on any atom is 0.340 e. The molecule has 1 fully saturated rings. The van der Waals surface area contributed by atoms with Crippen molar-refractivity contribution in [2.45, 2.75) is 31.8 Å². The van der Waals surface area contributed by atoms with Crippen molar-refractivity contribution in [3.63, 3.8) is 0 Å². The molecule has 0 bridgehead atoms. The summed E-state index contributed by atoms with van der Waals surface area (Å²) < 4.78 is 30.4. The summed E-state index contributed by atoms with van der Waals surface area (Å²) in [7, 11) is 0. The van der Waals surface area contributed by atoms with Crippen LogP contribution in [0.1, 0.15) is 26.3 Å². The zero-order valence-electron chi connectivity index (χ0n) is 18.2. The molecule has 4 atom stereocenters. The number of fused-ring (bicyclic) bond motifs is 2. The summed E-state index contributed by atoms with van der Waals surface area (Å²) in [4.78, 5) is 25.6. The average Bonchev–Trinajstić information content (AvgIpc) is 3.11. The van der Waals surface area contributed by atoms with E-state index in [9.17, 15) is 19.1 Å². The van der Waals surface area contributed by atoms with E-state index in [1.165, 1.54) is 0 Å². The molecule has 5 rings (SSSR count). The standard InChI is InChI=1S/C27H21FO6/c1-15-20-9-5-4-7-17(20)12-13-21(15)25(30)33-27-23(22(28)26(31)34-27)32-24(29)19-11-10-16-6-2-3-8-18(16)14-19/h2-14,22-23,26-27,31H,1H3/t22-,23-,26?,27-/m0/s1. The number of carbonyl (C=O) groups is 2. The highest BCUT2D eigenvalue weighted by Gasteiger charge is 2.49. The Morgan fingerprint density at radius 2 is 1.53 bits per heavy atom. The summed E-state index contributed by atoms with van der Waals surface area (Å²) in [6.45, 7) is 1.78. The van der Waals surface area contributed by atoms with Gasteiger partial charge in [0.2, 0.25) is 12.4 Å². The quantitative estimate of drug-likeness (QED) is 0.445. The Balaban J connectivity index is 1.36. The van der Waals surface area contributed by atoms with Crippen molar-refractivity contribution in [3.05, 3.63) is 95.6 Å².